The number of carboxylic acid groups (broad SMARTS) is 1. The highest BCUT2D eigenvalue weighted by molar-refractivity contribution is 6.03. The number of rotatable bonds is 4. The van der Waals surface area contributed by atoms with E-state index in [0.29, 0.717) is 0 Å². The summed E-state index contributed by atoms with van der Waals surface area (Å²) in [6, 6.07) is 18.6. The molecular weight excluding hydrogens is 397 g/mol. The molecule has 5 rings (SSSR count). The largest absolute Gasteiger partial charge is 0.478 e. The summed E-state index contributed by atoms with van der Waals surface area (Å²) in [7, 11) is 0. The highest BCUT2D eigenvalue weighted by Gasteiger charge is 2.27. The van der Waals surface area contributed by atoms with Crippen molar-refractivity contribution in [2.24, 2.45) is 0 Å². The number of pyridine rings is 1. The molecule has 4 aromatic rings. The molecule has 2 heterocycles. The zero-order chi connectivity index (χ0) is 21.5. The van der Waals surface area contributed by atoms with Crippen molar-refractivity contribution in [3.05, 3.63) is 94.9 Å². The van der Waals surface area contributed by atoms with E-state index >= 15 is 0 Å². The van der Waals surface area contributed by atoms with Gasteiger partial charge in [-0.25, -0.2) is 13.7 Å². The van der Waals surface area contributed by atoms with Crippen LogP contribution in [0.25, 0.3) is 16.8 Å². The minimum absolute atomic E-state index is 0.0147. The highest BCUT2D eigenvalue weighted by atomic mass is 19.1. The molecule has 2 aromatic carbocycles. The van der Waals surface area contributed by atoms with Crippen LogP contribution < -0.4 is 5.32 Å². The highest BCUT2D eigenvalue weighted by Crippen LogP contribution is 2.29. The smallest absolute Gasteiger partial charge is 0.340 e. The summed E-state index contributed by atoms with van der Waals surface area (Å²) in [6.45, 7) is 0. The number of halogens is 1. The number of aromatic nitrogens is 2. The van der Waals surface area contributed by atoms with Crippen LogP contribution in [0.4, 0.5) is 4.39 Å². The fraction of sp³-hybridized carbons (Fsp3) is 0.125. The van der Waals surface area contributed by atoms with E-state index in [4.69, 9.17) is 0 Å². The molecule has 0 bridgehead atoms. The maximum Gasteiger partial charge on any atom is 0.340 e. The van der Waals surface area contributed by atoms with E-state index in [1.165, 1.54) is 33.8 Å². The number of benzene rings is 2. The maximum atomic E-state index is 14.4. The molecule has 0 aliphatic heterocycles. The average Bonchev–Trinajstić information content (AvgIpc) is 3.34. The molecule has 0 saturated heterocycles. The molecule has 154 valence electrons. The Kier molecular flexibility index (Phi) is 4.51. The first-order valence-corrected chi connectivity index (χ1v) is 9.90. The molecule has 2 aromatic heterocycles. The number of fused-ring (bicyclic) bond motifs is 2. The molecule has 0 radical (unpaired) electrons. The lowest BCUT2D eigenvalue weighted by Crippen LogP contribution is -2.36. The van der Waals surface area contributed by atoms with Crippen LogP contribution in [0, 0.1) is 5.82 Å². The molecule has 1 aliphatic carbocycles. The second-order valence-corrected chi connectivity index (χ2v) is 7.56. The van der Waals surface area contributed by atoms with E-state index in [1.54, 1.807) is 24.3 Å². The predicted molar refractivity (Wildman–Crippen MR) is 113 cm³/mol. The zero-order valence-corrected chi connectivity index (χ0v) is 16.4. The van der Waals surface area contributed by atoms with Crippen molar-refractivity contribution < 1.29 is 19.1 Å². The Morgan fingerprint density at radius 3 is 2.32 bits per heavy atom. The Labute approximate surface area is 177 Å². The maximum absolute atomic E-state index is 14.4. The van der Waals surface area contributed by atoms with Crippen molar-refractivity contribution >= 4 is 17.4 Å². The molecule has 0 unspecified atom stereocenters. The fourth-order valence-electron chi connectivity index (χ4n) is 4.21. The number of carbonyl (C=O) groups excluding carboxylic acids is 1. The van der Waals surface area contributed by atoms with Gasteiger partial charge in [-0.05, 0) is 48.2 Å². The number of carbonyl (C=O) groups is 2. The van der Waals surface area contributed by atoms with Crippen LogP contribution in [0.15, 0.2) is 66.7 Å². The molecule has 2 N–H and O–H groups in total. The van der Waals surface area contributed by atoms with E-state index in [0.717, 1.165) is 12.8 Å². The number of aromatic carboxylic acids is 1. The molecule has 31 heavy (non-hydrogen) atoms. The van der Waals surface area contributed by atoms with E-state index in [-0.39, 0.29) is 40.0 Å². The van der Waals surface area contributed by atoms with Crippen molar-refractivity contribution in [3.8, 4) is 11.3 Å². The van der Waals surface area contributed by atoms with E-state index in [9.17, 15) is 19.1 Å². The van der Waals surface area contributed by atoms with Gasteiger partial charge in [0.05, 0.1) is 5.52 Å². The molecule has 0 atom stereocenters. The van der Waals surface area contributed by atoms with Gasteiger partial charge in [0.25, 0.3) is 5.91 Å². The topological polar surface area (TPSA) is 83.7 Å². The quantitative estimate of drug-likeness (QED) is 0.532. The number of nitrogens with zero attached hydrogens (tertiary/aromatic N) is 2. The van der Waals surface area contributed by atoms with Gasteiger partial charge in [0.1, 0.15) is 22.8 Å². The van der Waals surface area contributed by atoms with Crippen molar-refractivity contribution in [2.75, 3.05) is 0 Å². The predicted octanol–water partition coefficient (Wildman–Crippen LogP) is 3.74. The van der Waals surface area contributed by atoms with Crippen LogP contribution in [0.1, 0.15) is 32.0 Å². The molecule has 7 heteroatoms. The number of amides is 1. The summed E-state index contributed by atoms with van der Waals surface area (Å²) in [4.78, 5) is 25.1. The van der Waals surface area contributed by atoms with E-state index in [2.05, 4.69) is 22.5 Å². The van der Waals surface area contributed by atoms with Gasteiger partial charge in [0.15, 0.2) is 0 Å². The zero-order valence-electron chi connectivity index (χ0n) is 16.4. The van der Waals surface area contributed by atoms with Gasteiger partial charge in [0.2, 0.25) is 0 Å². The van der Waals surface area contributed by atoms with Gasteiger partial charge in [0, 0.05) is 11.6 Å². The van der Waals surface area contributed by atoms with Gasteiger partial charge in [-0.15, -0.1) is 0 Å². The van der Waals surface area contributed by atoms with Crippen molar-refractivity contribution in [1.29, 1.82) is 0 Å². The van der Waals surface area contributed by atoms with Gasteiger partial charge in [-0.2, -0.15) is 5.10 Å². The Bertz CT molecular complexity index is 1320. The van der Waals surface area contributed by atoms with Crippen molar-refractivity contribution in [2.45, 2.75) is 18.9 Å². The Morgan fingerprint density at radius 2 is 1.65 bits per heavy atom. The Hall–Kier alpha value is -4.00. The fourth-order valence-corrected chi connectivity index (χ4v) is 4.21. The first kappa shape index (κ1) is 19.0. The lowest BCUT2D eigenvalue weighted by atomic mass is 10.1. The number of hydrogen-bond donors (Lipinski definition) is 2. The third-order valence-electron chi connectivity index (χ3n) is 5.62. The number of hydrogen-bond acceptors (Lipinski definition) is 3. The Balaban J connectivity index is 1.54. The first-order valence-electron chi connectivity index (χ1n) is 9.90. The molecule has 1 aliphatic rings. The standard InChI is InChI=1S/C24H18FN3O3/c25-18-9-4-3-8-17(18)22-21(24(30)31)19-10-5-11-20(28(19)27-22)23(29)26-16-12-14-6-1-2-7-15(14)13-16/h1-11,16H,12-13H2,(H,26,29)(H,30,31). The minimum atomic E-state index is -1.24. The summed E-state index contributed by atoms with van der Waals surface area (Å²) in [5, 5.41) is 17.1. The molecule has 1 amide bonds. The third-order valence-corrected chi connectivity index (χ3v) is 5.62. The van der Waals surface area contributed by atoms with Gasteiger partial charge in [-0.1, -0.05) is 42.5 Å². The Morgan fingerprint density at radius 1 is 0.968 bits per heavy atom. The monoisotopic (exact) mass is 415 g/mol. The third kappa shape index (κ3) is 3.24. The summed E-state index contributed by atoms with van der Waals surface area (Å²) in [5.41, 5.74) is 2.75. The summed E-state index contributed by atoms with van der Waals surface area (Å²) in [5.74, 6) is -2.18. The summed E-state index contributed by atoms with van der Waals surface area (Å²) >= 11 is 0. The first-order chi connectivity index (χ1) is 15.0. The van der Waals surface area contributed by atoms with Crippen LogP contribution in [-0.2, 0) is 12.8 Å². The molecule has 0 saturated carbocycles. The van der Waals surface area contributed by atoms with Crippen molar-refractivity contribution in [1.82, 2.24) is 14.9 Å². The van der Waals surface area contributed by atoms with E-state index in [1.807, 2.05) is 12.1 Å². The van der Waals surface area contributed by atoms with E-state index < -0.39 is 11.8 Å². The lowest BCUT2D eigenvalue weighted by Gasteiger charge is -2.12. The number of carboxylic acids is 1. The second-order valence-electron chi connectivity index (χ2n) is 7.56. The van der Waals surface area contributed by atoms with Crippen LogP contribution in [-0.4, -0.2) is 32.6 Å². The minimum Gasteiger partial charge on any atom is -0.478 e. The molecule has 6 nitrogen and oxygen atoms in total. The molecular formula is C24H18FN3O3. The van der Waals surface area contributed by atoms with Crippen LogP contribution in [0.3, 0.4) is 0 Å². The summed E-state index contributed by atoms with van der Waals surface area (Å²) in [6.07, 6.45) is 1.47. The normalized spacial score (nSPS) is 13.3. The number of nitrogens with one attached hydrogen (secondary N) is 1. The van der Waals surface area contributed by atoms with Gasteiger partial charge < -0.3 is 10.4 Å². The molecule has 0 spiro atoms. The average molecular weight is 415 g/mol. The molecule has 0 fully saturated rings. The van der Waals surface area contributed by atoms with Gasteiger partial charge in [-0.3, -0.25) is 4.79 Å². The van der Waals surface area contributed by atoms with Crippen LogP contribution in [0.5, 0.6) is 0 Å². The van der Waals surface area contributed by atoms with Gasteiger partial charge >= 0.3 is 5.97 Å². The SMILES string of the molecule is O=C(O)c1c(-c2ccccc2F)nn2c(C(=O)NC3Cc4ccccc4C3)cccc12. The van der Waals surface area contributed by atoms with Crippen LogP contribution in [0.2, 0.25) is 0 Å². The van der Waals surface area contributed by atoms with Crippen LogP contribution >= 0.6 is 0 Å². The second kappa shape index (κ2) is 7.36. The summed E-state index contributed by atoms with van der Waals surface area (Å²) < 4.78 is 15.7. The lowest BCUT2D eigenvalue weighted by molar-refractivity contribution is 0.0699. The van der Waals surface area contributed by atoms with Crippen molar-refractivity contribution in [3.63, 3.8) is 0 Å².